The van der Waals surface area contributed by atoms with Gasteiger partial charge in [0.15, 0.2) is 0 Å². The number of urea groups is 1. The van der Waals surface area contributed by atoms with E-state index in [0.717, 1.165) is 26.1 Å². The average molecular weight is 272 g/mol. The van der Waals surface area contributed by atoms with Crippen LogP contribution in [0.15, 0.2) is 0 Å². The summed E-state index contributed by atoms with van der Waals surface area (Å²) in [6, 6.07) is -0.232. The standard InChI is InChI=1S/C13H24N2O4/c1-10(7-11(16)17)8-14-12(18)15-9-13(2)3-5-19-6-4-13/h10H,3-9H2,1-2H3,(H,16,17)(H2,14,15,18). The van der Waals surface area contributed by atoms with E-state index < -0.39 is 5.97 Å². The Morgan fingerprint density at radius 2 is 1.95 bits per heavy atom. The molecule has 0 saturated carbocycles. The molecule has 0 radical (unpaired) electrons. The summed E-state index contributed by atoms with van der Waals surface area (Å²) >= 11 is 0. The summed E-state index contributed by atoms with van der Waals surface area (Å²) in [5.74, 6) is -0.911. The van der Waals surface area contributed by atoms with Gasteiger partial charge >= 0.3 is 12.0 Å². The topological polar surface area (TPSA) is 87.7 Å². The Hall–Kier alpha value is -1.30. The molecule has 1 rings (SSSR count). The van der Waals surface area contributed by atoms with Gasteiger partial charge in [0.1, 0.15) is 0 Å². The van der Waals surface area contributed by atoms with Crippen LogP contribution in [0.5, 0.6) is 0 Å². The van der Waals surface area contributed by atoms with Crippen LogP contribution >= 0.6 is 0 Å². The van der Waals surface area contributed by atoms with E-state index >= 15 is 0 Å². The molecule has 110 valence electrons. The minimum Gasteiger partial charge on any atom is -0.481 e. The van der Waals surface area contributed by atoms with Crippen LogP contribution in [0, 0.1) is 11.3 Å². The summed E-state index contributed by atoms with van der Waals surface area (Å²) in [7, 11) is 0. The van der Waals surface area contributed by atoms with Crippen molar-refractivity contribution in [2.75, 3.05) is 26.3 Å². The first-order chi connectivity index (χ1) is 8.91. The second-order valence-corrected chi connectivity index (χ2v) is 5.69. The molecule has 1 unspecified atom stereocenters. The number of rotatable bonds is 6. The van der Waals surface area contributed by atoms with E-state index in [0.29, 0.717) is 13.1 Å². The monoisotopic (exact) mass is 272 g/mol. The fourth-order valence-electron chi connectivity index (χ4n) is 2.03. The smallest absolute Gasteiger partial charge is 0.314 e. The Labute approximate surface area is 113 Å². The van der Waals surface area contributed by atoms with Crippen molar-refractivity contribution in [3.63, 3.8) is 0 Å². The first kappa shape index (κ1) is 15.8. The highest BCUT2D eigenvalue weighted by Crippen LogP contribution is 2.28. The molecule has 0 spiro atoms. The van der Waals surface area contributed by atoms with Crippen LogP contribution in [0.3, 0.4) is 0 Å². The third-order valence-corrected chi connectivity index (χ3v) is 3.51. The fraction of sp³-hybridized carbons (Fsp3) is 0.846. The second-order valence-electron chi connectivity index (χ2n) is 5.69. The summed E-state index contributed by atoms with van der Waals surface area (Å²) in [6.45, 7) is 6.43. The molecule has 1 atom stereocenters. The highest BCUT2D eigenvalue weighted by molar-refractivity contribution is 5.74. The normalized spacial score (nSPS) is 19.5. The predicted molar refractivity (Wildman–Crippen MR) is 71.0 cm³/mol. The van der Waals surface area contributed by atoms with E-state index in [2.05, 4.69) is 17.6 Å². The van der Waals surface area contributed by atoms with E-state index in [4.69, 9.17) is 9.84 Å². The molecule has 1 fully saturated rings. The van der Waals surface area contributed by atoms with Crippen LogP contribution in [0.25, 0.3) is 0 Å². The Kier molecular flexibility index (Phi) is 6.08. The molecular weight excluding hydrogens is 248 g/mol. The van der Waals surface area contributed by atoms with Gasteiger partial charge in [-0.2, -0.15) is 0 Å². The average Bonchev–Trinajstić information content (AvgIpc) is 2.34. The van der Waals surface area contributed by atoms with Gasteiger partial charge in [0.25, 0.3) is 0 Å². The van der Waals surface area contributed by atoms with Gasteiger partial charge in [0.05, 0.1) is 0 Å². The zero-order valence-corrected chi connectivity index (χ0v) is 11.7. The minimum absolute atomic E-state index is 0.0648. The highest BCUT2D eigenvalue weighted by atomic mass is 16.5. The number of carboxylic acids is 1. The summed E-state index contributed by atoms with van der Waals surface area (Å²) in [5.41, 5.74) is 0.0995. The minimum atomic E-state index is -0.843. The van der Waals surface area contributed by atoms with Gasteiger partial charge in [-0.05, 0) is 24.2 Å². The van der Waals surface area contributed by atoms with Crippen LogP contribution < -0.4 is 10.6 Å². The molecule has 2 amide bonds. The number of hydrogen-bond acceptors (Lipinski definition) is 3. The van der Waals surface area contributed by atoms with Crippen molar-refractivity contribution in [3.8, 4) is 0 Å². The Morgan fingerprint density at radius 1 is 1.32 bits per heavy atom. The number of carbonyl (C=O) groups is 2. The quantitative estimate of drug-likeness (QED) is 0.678. The summed E-state index contributed by atoms with van der Waals surface area (Å²) in [5, 5.41) is 14.2. The van der Waals surface area contributed by atoms with Crippen molar-refractivity contribution in [3.05, 3.63) is 0 Å². The van der Waals surface area contributed by atoms with Gasteiger partial charge < -0.3 is 20.5 Å². The Bertz CT molecular complexity index is 314. The molecule has 0 aromatic carbocycles. The van der Waals surface area contributed by atoms with E-state index in [1.807, 2.05) is 0 Å². The third-order valence-electron chi connectivity index (χ3n) is 3.51. The molecular formula is C13H24N2O4. The molecule has 0 aromatic heterocycles. The molecule has 6 heteroatoms. The summed E-state index contributed by atoms with van der Waals surface area (Å²) in [4.78, 5) is 22.1. The van der Waals surface area contributed by atoms with E-state index in [1.165, 1.54) is 0 Å². The molecule has 19 heavy (non-hydrogen) atoms. The van der Waals surface area contributed by atoms with Crippen molar-refractivity contribution >= 4 is 12.0 Å². The molecule has 1 saturated heterocycles. The Morgan fingerprint density at radius 3 is 2.53 bits per heavy atom. The van der Waals surface area contributed by atoms with E-state index in [9.17, 15) is 9.59 Å². The largest absolute Gasteiger partial charge is 0.481 e. The lowest BCUT2D eigenvalue weighted by Gasteiger charge is -2.33. The Balaban J connectivity index is 2.18. The lowest BCUT2D eigenvalue weighted by molar-refractivity contribution is -0.137. The number of ether oxygens (including phenoxy) is 1. The van der Waals surface area contributed by atoms with Gasteiger partial charge in [-0.15, -0.1) is 0 Å². The van der Waals surface area contributed by atoms with Crippen LogP contribution in [0.2, 0.25) is 0 Å². The maximum absolute atomic E-state index is 11.6. The van der Waals surface area contributed by atoms with E-state index in [-0.39, 0.29) is 23.8 Å². The van der Waals surface area contributed by atoms with Gasteiger partial charge in [0.2, 0.25) is 0 Å². The number of carboxylic acid groups (broad SMARTS) is 1. The predicted octanol–water partition coefficient (Wildman–Crippen LogP) is 1.21. The lowest BCUT2D eigenvalue weighted by Crippen LogP contribution is -2.44. The zero-order valence-electron chi connectivity index (χ0n) is 11.7. The van der Waals surface area contributed by atoms with Crippen LogP contribution in [-0.2, 0) is 9.53 Å². The van der Waals surface area contributed by atoms with Crippen molar-refractivity contribution in [2.45, 2.75) is 33.1 Å². The van der Waals surface area contributed by atoms with Crippen molar-refractivity contribution in [1.82, 2.24) is 10.6 Å². The highest BCUT2D eigenvalue weighted by Gasteiger charge is 2.27. The molecule has 1 aliphatic heterocycles. The van der Waals surface area contributed by atoms with Crippen LogP contribution in [-0.4, -0.2) is 43.4 Å². The summed E-state index contributed by atoms with van der Waals surface area (Å²) in [6.07, 6.45) is 1.96. The number of nitrogens with one attached hydrogen (secondary N) is 2. The molecule has 1 aliphatic rings. The zero-order chi connectivity index (χ0) is 14.3. The molecule has 0 bridgehead atoms. The summed E-state index contributed by atoms with van der Waals surface area (Å²) < 4.78 is 5.30. The van der Waals surface area contributed by atoms with Crippen molar-refractivity contribution in [2.24, 2.45) is 11.3 Å². The SMILES string of the molecule is CC(CNC(=O)NCC1(C)CCOCC1)CC(=O)O. The van der Waals surface area contributed by atoms with Crippen molar-refractivity contribution < 1.29 is 19.4 Å². The van der Waals surface area contributed by atoms with Crippen LogP contribution in [0.1, 0.15) is 33.1 Å². The first-order valence-corrected chi connectivity index (χ1v) is 6.72. The van der Waals surface area contributed by atoms with Gasteiger partial charge in [-0.25, -0.2) is 4.79 Å². The first-order valence-electron chi connectivity index (χ1n) is 6.72. The molecule has 0 aliphatic carbocycles. The fourth-order valence-corrected chi connectivity index (χ4v) is 2.03. The molecule has 3 N–H and O–H groups in total. The number of carbonyl (C=O) groups excluding carboxylic acids is 1. The van der Waals surface area contributed by atoms with Gasteiger partial charge in [-0.3, -0.25) is 4.79 Å². The second kappa shape index (κ2) is 7.33. The number of aliphatic carboxylic acids is 1. The molecule has 1 heterocycles. The number of amides is 2. The number of hydrogen-bond donors (Lipinski definition) is 3. The van der Waals surface area contributed by atoms with Gasteiger partial charge in [-0.1, -0.05) is 13.8 Å². The van der Waals surface area contributed by atoms with Crippen LogP contribution in [0.4, 0.5) is 4.79 Å². The van der Waals surface area contributed by atoms with E-state index in [1.54, 1.807) is 6.92 Å². The van der Waals surface area contributed by atoms with Gasteiger partial charge in [0, 0.05) is 32.7 Å². The molecule has 6 nitrogen and oxygen atoms in total. The van der Waals surface area contributed by atoms with Crippen molar-refractivity contribution in [1.29, 1.82) is 0 Å². The third kappa shape index (κ3) is 6.42. The molecule has 0 aromatic rings. The maximum atomic E-state index is 11.6. The lowest BCUT2D eigenvalue weighted by atomic mass is 9.82. The maximum Gasteiger partial charge on any atom is 0.314 e.